The molecule has 1 aromatic carbocycles. The number of hydrogen-bond donors (Lipinski definition) is 1. The number of nitrogens with zero attached hydrogens (tertiary/aromatic N) is 1. The molecule has 21 heavy (non-hydrogen) atoms. The van der Waals surface area contributed by atoms with Crippen LogP contribution in [0.5, 0.6) is 0 Å². The van der Waals surface area contributed by atoms with Gasteiger partial charge in [0.1, 0.15) is 0 Å². The fraction of sp³-hybridized carbons (Fsp3) is 0.647. The van der Waals surface area contributed by atoms with Crippen LogP contribution in [0.2, 0.25) is 0 Å². The molecule has 0 aliphatic carbocycles. The largest absolute Gasteiger partial charge is 0.370 e. The van der Waals surface area contributed by atoms with Crippen LogP contribution < -0.4 is 10.2 Å². The second-order valence-corrected chi connectivity index (χ2v) is 8.33. The molecule has 1 atom stereocenters. The summed E-state index contributed by atoms with van der Waals surface area (Å²) in [6.07, 6.45) is 3.34. The summed E-state index contributed by atoms with van der Waals surface area (Å²) in [6, 6.07) is 7.16. The highest BCUT2D eigenvalue weighted by Crippen LogP contribution is 2.27. The van der Waals surface area contributed by atoms with Gasteiger partial charge in [-0.2, -0.15) is 11.8 Å². The Morgan fingerprint density at radius 2 is 2.00 bits per heavy atom. The zero-order valence-corrected chi connectivity index (χ0v) is 16.6. The quantitative estimate of drug-likeness (QED) is 0.731. The van der Waals surface area contributed by atoms with Crippen LogP contribution in [0.15, 0.2) is 22.7 Å². The van der Waals surface area contributed by atoms with Gasteiger partial charge >= 0.3 is 0 Å². The molecule has 0 amide bonds. The first kappa shape index (κ1) is 18.9. The second kappa shape index (κ2) is 8.44. The van der Waals surface area contributed by atoms with E-state index in [2.05, 4.69) is 85.3 Å². The minimum atomic E-state index is 0.131. The van der Waals surface area contributed by atoms with Gasteiger partial charge in [-0.25, -0.2) is 0 Å². The lowest BCUT2D eigenvalue weighted by molar-refractivity contribution is 0.424. The van der Waals surface area contributed by atoms with Crippen LogP contribution in [0, 0.1) is 0 Å². The maximum atomic E-state index is 3.61. The van der Waals surface area contributed by atoms with Crippen molar-refractivity contribution >= 4 is 33.4 Å². The van der Waals surface area contributed by atoms with Crippen molar-refractivity contribution in [2.75, 3.05) is 24.0 Å². The lowest BCUT2D eigenvalue weighted by Crippen LogP contribution is -2.37. The molecule has 0 heterocycles. The van der Waals surface area contributed by atoms with Crippen molar-refractivity contribution < 1.29 is 0 Å². The fourth-order valence-corrected chi connectivity index (χ4v) is 3.46. The molecule has 0 saturated heterocycles. The Balaban J connectivity index is 3.00. The van der Waals surface area contributed by atoms with Crippen molar-refractivity contribution in [1.29, 1.82) is 0 Å². The molecule has 0 aliphatic rings. The van der Waals surface area contributed by atoms with Gasteiger partial charge in [0.2, 0.25) is 0 Å². The van der Waals surface area contributed by atoms with Gasteiger partial charge < -0.3 is 10.2 Å². The van der Waals surface area contributed by atoms with E-state index in [0.29, 0.717) is 6.04 Å². The molecule has 1 N–H and O–H groups in total. The van der Waals surface area contributed by atoms with Crippen molar-refractivity contribution in [3.8, 4) is 0 Å². The third kappa shape index (κ3) is 6.21. The standard InChI is InChI=1S/C17H29BrN2S/c1-7-15(12-21-6)20(5)16-10-14(18)9-8-13(16)11-19-17(2,3)4/h8-10,15,19H,7,11-12H2,1-6H3. The van der Waals surface area contributed by atoms with E-state index in [1.165, 1.54) is 11.3 Å². The molecule has 0 aliphatic heterocycles. The minimum absolute atomic E-state index is 0.131. The Kier molecular flexibility index (Phi) is 7.58. The average molecular weight is 373 g/mol. The van der Waals surface area contributed by atoms with Crippen LogP contribution in [0.3, 0.4) is 0 Å². The van der Waals surface area contributed by atoms with E-state index in [1.807, 2.05) is 11.8 Å². The number of thioether (sulfide) groups is 1. The molecule has 0 fully saturated rings. The molecule has 2 nitrogen and oxygen atoms in total. The van der Waals surface area contributed by atoms with Gasteiger partial charge in [-0.15, -0.1) is 0 Å². The normalized spacial score (nSPS) is 13.3. The SMILES string of the molecule is CCC(CSC)N(C)c1cc(Br)ccc1CNC(C)(C)C. The molecule has 4 heteroatoms. The average Bonchev–Trinajstić information content (AvgIpc) is 2.41. The Hall–Kier alpha value is -0.190. The number of hydrogen-bond acceptors (Lipinski definition) is 3. The number of rotatable bonds is 7. The molecule has 1 rings (SSSR count). The Bertz CT molecular complexity index is 443. The first-order chi connectivity index (χ1) is 9.78. The van der Waals surface area contributed by atoms with Crippen LogP contribution in [-0.2, 0) is 6.54 Å². The predicted molar refractivity (Wildman–Crippen MR) is 102 cm³/mol. The van der Waals surface area contributed by atoms with Gasteiger partial charge in [-0.3, -0.25) is 0 Å². The summed E-state index contributed by atoms with van der Waals surface area (Å²) < 4.78 is 1.14. The molecule has 0 bridgehead atoms. The van der Waals surface area contributed by atoms with Crippen LogP contribution in [-0.4, -0.2) is 30.6 Å². The summed E-state index contributed by atoms with van der Waals surface area (Å²) in [7, 11) is 2.22. The van der Waals surface area contributed by atoms with Crippen molar-refractivity contribution in [1.82, 2.24) is 5.32 Å². The topological polar surface area (TPSA) is 15.3 Å². The molecular formula is C17H29BrN2S. The van der Waals surface area contributed by atoms with Gasteiger partial charge in [0.05, 0.1) is 0 Å². The zero-order valence-electron chi connectivity index (χ0n) is 14.2. The smallest absolute Gasteiger partial charge is 0.0423 e. The van der Waals surface area contributed by atoms with Gasteiger partial charge in [-0.1, -0.05) is 28.9 Å². The predicted octanol–water partition coefficient (Wildman–Crippen LogP) is 4.92. The molecule has 1 unspecified atom stereocenters. The van der Waals surface area contributed by atoms with Crippen molar-refractivity contribution in [2.24, 2.45) is 0 Å². The molecular weight excluding hydrogens is 344 g/mol. The highest BCUT2D eigenvalue weighted by atomic mass is 79.9. The van der Waals surface area contributed by atoms with Crippen LogP contribution in [0.1, 0.15) is 39.7 Å². The summed E-state index contributed by atoms with van der Waals surface area (Å²) in [4.78, 5) is 2.43. The van der Waals surface area contributed by atoms with Crippen LogP contribution in [0.4, 0.5) is 5.69 Å². The third-order valence-corrected chi connectivity index (χ3v) is 4.83. The minimum Gasteiger partial charge on any atom is -0.370 e. The summed E-state index contributed by atoms with van der Waals surface area (Å²) in [5, 5.41) is 3.59. The molecule has 0 aromatic heterocycles. The van der Waals surface area contributed by atoms with E-state index in [1.54, 1.807) is 0 Å². The van der Waals surface area contributed by atoms with Gasteiger partial charge in [0.15, 0.2) is 0 Å². The number of halogens is 1. The highest BCUT2D eigenvalue weighted by Gasteiger charge is 2.17. The summed E-state index contributed by atoms with van der Waals surface area (Å²) in [5.41, 5.74) is 2.81. The van der Waals surface area contributed by atoms with Gasteiger partial charge in [-0.05, 0) is 51.1 Å². The Labute approximate surface area is 143 Å². The van der Waals surface area contributed by atoms with Crippen molar-refractivity contribution in [3.05, 3.63) is 28.2 Å². The number of benzene rings is 1. The molecule has 0 saturated carbocycles. The lowest BCUT2D eigenvalue weighted by Gasteiger charge is -2.31. The maximum absolute atomic E-state index is 3.61. The molecule has 120 valence electrons. The number of anilines is 1. The highest BCUT2D eigenvalue weighted by molar-refractivity contribution is 9.10. The Morgan fingerprint density at radius 1 is 1.33 bits per heavy atom. The molecule has 0 spiro atoms. The van der Waals surface area contributed by atoms with E-state index < -0.39 is 0 Å². The van der Waals surface area contributed by atoms with E-state index in [0.717, 1.165) is 23.2 Å². The van der Waals surface area contributed by atoms with Crippen molar-refractivity contribution in [3.63, 3.8) is 0 Å². The van der Waals surface area contributed by atoms with Crippen LogP contribution in [0.25, 0.3) is 0 Å². The van der Waals surface area contributed by atoms with E-state index in [9.17, 15) is 0 Å². The monoisotopic (exact) mass is 372 g/mol. The van der Waals surface area contributed by atoms with Gasteiger partial charge in [0.25, 0.3) is 0 Å². The summed E-state index contributed by atoms with van der Waals surface area (Å²) in [6.45, 7) is 9.78. The summed E-state index contributed by atoms with van der Waals surface area (Å²) >= 11 is 5.53. The Morgan fingerprint density at radius 3 is 2.52 bits per heavy atom. The van der Waals surface area contributed by atoms with E-state index in [-0.39, 0.29) is 5.54 Å². The maximum Gasteiger partial charge on any atom is 0.0423 e. The first-order valence-corrected chi connectivity index (χ1v) is 9.72. The third-order valence-electron chi connectivity index (χ3n) is 3.61. The zero-order chi connectivity index (χ0) is 16.0. The second-order valence-electron chi connectivity index (χ2n) is 6.50. The molecule has 1 aromatic rings. The van der Waals surface area contributed by atoms with E-state index in [4.69, 9.17) is 0 Å². The number of nitrogens with one attached hydrogen (secondary N) is 1. The first-order valence-electron chi connectivity index (χ1n) is 7.53. The summed E-state index contributed by atoms with van der Waals surface area (Å²) in [5.74, 6) is 1.16. The van der Waals surface area contributed by atoms with Gasteiger partial charge in [0, 0.05) is 41.1 Å². The lowest BCUT2D eigenvalue weighted by atomic mass is 10.1. The van der Waals surface area contributed by atoms with Crippen molar-refractivity contribution in [2.45, 2.75) is 52.2 Å². The van der Waals surface area contributed by atoms with E-state index >= 15 is 0 Å². The fourth-order valence-electron chi connectivity index (χ4n) is 2.27. The van der Waals surface area contributed by atoms with Crippen LogP contribution >= 0.6 is 27.7 Å². The molecule has 0 radical (unpaired) electrons.